The minimum absolute atomic E-state index is 0.0805. The first kappa shape index (κ1) is 17.2. The van der Waals surface area contributed by atoms with E-state index in [-0.39, 0.29) is 17.4 Å². The van der Waals surface area contributed by atoms with Gasteiger partial charge in [0.25, 0.3) is 5.56 Å². The molecule has 7 nitrogen and oxygen atoms in total. The molecule has 0 radical (unpaired) electrons. The van der Waals surface area contributed by atoms with Gasteiger partial charge in [0.2, 0.25) is 6.79 Å². The maximum absolute atomic E-state index is 12.4. The minimum Gasteiger partial charge on any atom is -0.492 e. The number of rotatable bonds is 6. The largest absolute Gasteiger partial charge is 0.492 e. The molecule has 0 fully saturated rings. The summed E-state index contributed by atoms with van der Waals surface area (Å²) in [4.78, 5) is 12.4. The highest BCUT2D eigenvalue weighted by Crippen LogP contribution is 2.35. The molecule has 27 heavy (non-hydrogen) atoms. The molecule has 138 valence electrons. The van der Waals surface area contributed by atoms with E-state index in [2.05, 4.69) is 10.4 Å². The Balaban J connectivity index is 1.37. The van der Waals surface area contributed by atoms with Gasteiger partial charge in [0.05, 0.1) is 17.6 Å². The van der Waals surface area contributed by atoms with Gasteiger partial charge in [-0.25, -0.2) is 0 Å². The Labute approximate surface area is 160 Å². The predicted octanol–water partition coefficient (Wildman–Crippen LogP) is 3.11. The van der Waals surface area contributed by atoms with Gasteiger partial charge in [0, 0.05) is 12.6 Å². The number of anilines is 1. The van der Waals surface area contributed by atoms with Gasteiger partial charge in [-0.2, -0.15) is 9.78 Å². The summed E-state index contributed by atoms with van der Waals surface area (Å²) in [5.74, 6) is 2.04. The number of para-hydroxylation sites is 1. The van der Waals surface area contributed by atoms with E-state index < -0.39 is 0 Å². The van der Waals surface area contributed by atoms with E-state index in [0.717, 1.165) is 0 Å². The molecule has 1 N–H and O–H groups in total. The lowest BCUT2D eigenvalue weighted by Gasteiger charge is -2.11. The van der Waals surface area contributed by atoms with E-state index in [1.165, 1.54) is 10.9 Å². The number of ether oxygens (including phenoxy) is 3. The van der Waals surface area contributed by atoms with Gasteiger partial charge in [0.15, 0.2) is 11.5 Å². The second kappa shape index (κ2) is 7.59. The molecule has 0 saturated carbocycles. The Morgan fingerprint density at radius 2 is 1.96 bits per heavy atom. The first-order valence-corrected chi connectivity index (χ1v) is 8.70. The number of aromatic nitrogens is 2. The molecule has 0 atom stereocenters. The normalized spacial score (nSPS) is 12.0. The van der Waals surface area contributed by atoms with Crippen molar-refractivity contribution in [3.63, 3.8) is 0 Å². The summed E-state index contributed by atoms with van der Waals surface area (Å²) >= 11 is 6.20. The number of halogens is 1. The van der Waals surface area contributed by atoms with Gasteiger partial charge in [-0.1, -0.05) is 29.8 Å². The molecule has 0 saturated heterocycles. The van der Waals surface area contributed by atoms with Crippen LogP contribution in [0.25, 0.3) is 5.69 Å². The molecule has 0 unspecified atom stereocenters. The third-order valence-corrected chi connectivity index (χ3v) is 4.32. The maximum atomic E-state index is 12.4. The van der Waals surface area contributed by atoms with Gasteiger partial charge in [-0.05, 0) is 24.3 Å². The fourth-order valence-corrected chi connectivity index (χ4v) is 2.83. The molecular weight excluding hydrogens is 370 g/mol. The quantitative estimate of drug-likeness (QED) is 0.657. The molecule has 0 amide bonds. The van der Waals surface area contributed by atoms with Gasteiger partial charge in [-0.15, -0.1) is 0 Å². The summed E-state index contributed by atoms with van der Waals surface area (Å²) in [7, 11) is 0. The second-order valence-electron chi connectivity index (χ2n) is 5.72. The lowest BCUT2D eigenvalue weighted by Crippen LogP contribution is -2.23. The standard InChI is InChI=1S/C19H16ClN3O4/c20-18-15(11-22-23(19(18)24)13-4-2-1-3-5-13)21-8-9-25-14-6-7-16-17(10-14)27-12-26-16/h1-7,10-11,21H,8-9,12H2. The summed E-state index contributed by atoms with van der Waals surface area (Å²) in [6, 6.07) is 14.5. The van der Waals surface area contributed by atoms with Crippen molar-refractivity contribution < 1.29 is 14.2 Å². The van der Waals surface area contributed by atoms with Crippen LogP contribution < -0.4 is 25.1 Å². The van der Waals surface area contributed by atoms with Crippen molar-refractivity contribution in [2.45, 2.75) is 0 Å². The van der Waals surface area contributed by atoms with E-state index in [9.17, 15) is 4.79 Å². The van der Waals surface area contributed by atoms with Crippen LogP contribution in [-0.2, 0) is 0 Å². The fraction of sp³-hybridized carbons (Fsp3) is 0.158. The number of fused-ring (bicyclic) bond motifs is 1. The maximum Gasteiger partial charge on any atom is 0.292 e. The number of hydrogen-bond acceptors (Lipinski definition) is 6. The van der Waals surface area contributed by atoms with Crippen molar-refractivity contribution in [2.24, 2.45) is 0 Å². The zero-order valence-electron chi connectivity index (χ0n) is 14.2. The molecule has 2 heterocycles. The number of nitrogens with zero attached hydrogens (tertiary/aromatic N) is 2. The first-order chi connectivity index (χ1) is 13.2. The Kier molecular flexibility index (Phi) is 4.84. The first-order valence-electron chi connectivity index (χ1n) is 8.32. The average molecular weight is 386 g/mol. The molecule has 8 heteroatoms. The van der Waals surface area contributed by atoms with Crippen LogP contribution in [0.1, 0.15) is 0 Å². The van der Waals surface area contributed by atoms with E-state index >= 15 is 0 Å². The Hall–Kier alpha value is -3.19. The Bertz CT molecular complexity index is 1010. The average Bonchev–Trinajstić information content (AvgIpc) is 3.17. The van der Waals surface area contributed by atoms with E-state index in [0.29, 0.717) is 41.8 Å². The monoisotopic (exact) mass is 385 g/mol. The van der Waals surface area contributed by atoms with Crippen LogP contribution in [0.15, 0.2) is 59.5 Å². The van der Waals surface area contributed by atoms with Crippen molar-refractivity contribution in [1.29, 1.82) is 0 Å². The molecule has 0 bridgehead atoms. The van der Waals surface area contributed by atoms with Gasteiger partial charge in [0.1, 0.15) is 17.4 Å². The highest BCUT2D eigenvalue weighted by Gasteiger charge is 2.14. The molecule has 2 aromatic carbocycles. The topological polar surface area (TPSA) is 74.6 Å². The Morgan fingerprint density at radius 3 is 2.81 bits per heavy atom. The van der Waals surface area contributed by atoms with Crippen LogP contribution in [0, 0.1) is 0 Å². The molecule has 4 rings (SSSR count). The van der Waals surface area contributed by atoms with Crippen LogP contribution in [0.3, 0.4) is 0 Å². The fourth-order valence-electron chi connectivity index (χ4n) is 2.63. The van der Waals surface area contributed by atoms with Gasteiger partial charge in [-0.3, -0.25) is 4.79 Å². The summed E-state index contributed by atoms with van der Waals surface area (Å²) in [5, 5.41) is 7.32. The number of hydrogen-bond donors (Lipinski definition) is 1. The van der Waals surface area contributed by atoms with Crippen LogP contribution >= 0.6 is 11.6 Å². The molecule has 0 aliphatic carbocycles. The van der Waals surface area contributed by atoms with Crippen LogP contribution in [0.5, 0.6) is 17.2 Å². The lowest BCUT2D eigenvalue weighted by atomic mass is 10.3. The molecule has 1 aliphatic rings. The molecule has 3 aromatic rings. The highest BCUT2D eigenvalue weighted by atomic mass is 35.5. The highest BCUT2D eigenvalue weighted by molar-refractivity contribution is 6.32. The molecule has 0 spiro atoms. The number of nitrogens with one attached hydrogen (secondary N) is 1. The second-order valence-corrected chi connectivity index (χ2v) is 6.09. The number of benzene rings is 2. The SMILES string of the molecule is O=c1c(Cl)c(NCCOc2ccc3c(c2)OCO3)cnn1-c1ccccc1. The molecule has 1 aromatic heterocycles. The van der Waals surface area contributed by atoms with Crippen LogP contribution in [-0.4, -0.2) is 29.7 Å². The van der Waals surface area contributed by atoms with Crippen molar-refractivity contribution in [3.05, 3.63) is 70.1 Å². The van der Waals surface area contributed by atoms with E-state index in [1.54, 1.807) is 24.3 Å². The zero-order chi connectivity index (χ0) is 18.6. The minimum atomic E-state index is -0.385. The van der Waals surface area contributed by atoms with Crippen molar-refractivity contribution in [1.82, 2.24) is 9.78 Å². The lowest BCUT2D eigenvalue weighted by molar-refractivity contribution is 0.174. The van der Waals surface area contributed by atoms with Crippen LogP contribution in [0.2, 0.25) is 5.02 Å². The van der Waals surface area contributed by atoms with Crippen molar-refractivity contribution >= 4 is 17.3 Å². The summed E-state index contributed by atoms with van der Waals surface area (Å²) in [5.41, 5.74) is 0.731. The Morgan fingerprint density at radius 1 is 1.15 bits per heavy atom. The van der Waals surface area contributed by atoms with Crippen LogP contribution in [0.4, 0.5) is 5.69 Å². The van der Waals surface area contributed by atoms with Crippen molar-refractivity contribution in [3.8, 4) is 22.9 Å². The predicted molar refractivity (Wildman–Crippen MR) is 101 cm³/mol. The molecular formula is C19H16ClN3O4. The molecule has 1 aliphatic heterocycles. The van der Waals surface area contributed by atoms with Gasteiger partial charge >= 0.3 is 0 Å². The third kappa shape index (κ3) is 3.68. The summed E-state index contributed by atoms with van der Waals surface area (Å²) in [6.45, 7) is 1.04. The third-order valence-electron chi connectivity index (χ3n) is 3.95. The van der Waals surface area contributed by atoms with Crippen molar-refractivity contribution in [2.75, 3.05) is 25.3 Å². The summed E-state index contributed by atoms with van der Waals surface area (Å²) in [6.07, 6.45) is 1.53. The zero-order valence-corrected chi connectivity index (χ0v) is 15.0. The smallest absolute Gasteiger partial charge is 0.292 e. The van der Waals surface area contributed by atoms with Gasteiger partial charge < -0.3 is 19.5 Å². The summed E-state index contributed by atoms with van der Waals surface area (Å²) < 4.78 is 17.5. The van der Waals surface area contributed by atoms with E-state index in [1.807, 2.05) is 24.3 Å². The van der Waals surface area contributed by atoms with E-state index in [4.69, 9.17) is 25.8 Å².